The monoisotopic (exact) mass is 233 g/mol. The number of hydrogen-bond acceptors (Lipinski definition) is 2. The van der Waals surface area contributed by atoms with Crippen LogP contribution >= 0.6 is 0 Å². The number of unbranched alkanes of at least 4 members (excludes halogenated alkanes) is 1. The van der Waals surface area contributed by atoms with Gasteiger partial charge >= 0.3 is 0 Å². The molecule has 3 aliphatic carbocycles. The van der Waals surface area contributed by atoms with E-state index in [2.05, 4.69) is 26.8 Å². The van der Waals surface area contributed by atoms with Crippen molar-refractivity contribution in [3.05, 3.63) is 0 Å². The SMILES string of the molecule is CC(C)(CCCC#N)CC(=O)C12CC(C)(C1)C2. The van der Waals surface area contributed by atoms with Crippen LogP contribution in [0.4, 0.5) is 0 Å². The Bertz CT molecular complexity index is 355. The lowest BCUT2D eigenvalue weighted by Crippen LogP contribution is -2.64. The highest BCUT2D eigenvalue weighted by atomic mass is 16.1. The fourth-order valence-corrected chi connectivity index (χ4v) is 3.95. The molecule has 0 amide bonds. The molecule has 0 atom stereocenters. The molecule has 0 radical (unpaired) electrons. The summed E-state index contributed by atoms with van der Waals surface area (Å²) in [4.78, 5) is 12.3. The molecule has 0 saturated heterocycles. The lowest BCUT2D eigenvalue weighted by molar-refractivity contribution is -0.199. The van der Waals surface area contributed by atoms with Gasteiger partial charge in [-0.1, -0.05) is 20.8 Å². The maximum absolute atomic E-state index is 12.3. The van der Waals surface area contributed by atoms with Gasteiger partial charge in [-0.25, -0.2) is 0 Å². The average molecular weight is 233 g/mol. The first-order valence-corrected chi connectivity index (χ1v) is 6.71. The van der Waals surface area contributed by atoms with Crippen molar-refractivity contribution in [2.24, 2.45) is 16.2 Å². The largest absolute Gasteiger partial charge is 0.299 e. The molecule has 2 heteroatoms. The molecule has 3 fully saturated rings. The molecule has 0 aromatic carbocycles. The Morgan fingerprint density at radius 2 is 1.94 bits per heavy atom. The van der Waals surface area contributed by atoms with E-state index in [9.17, 15) is 4.79 Å². The number of rotatable bonds is 6. The summed E-state index contributed by atoms with van der Waals surface area (Å²) in [5.74, 6) is 0.489. The number of carbonyl (C=O) groups excluding carboxylic acids is 1. The first-order valence-electron chi connectivity index (χ1n) is 6.71. The minimum Gasteiger partial charge on any atom is -0.299 e. The Hall–Kier alpha value is -0.840. The van der Waals surface area contributed by atoms with Gasteiger partial charge in [0, 0.05) is 18.3 Å². The average Bonchev–Trinajstić information content (AvgIpc) is 2.10. The van der Waals surface area contributed by atoms with Gasteiger partial charge in [0.25, 0.3) is 0 Å². The lowest BCUT2D eigenvalue weighted by Gasteiger charge is -2.69. The highest BCUT2D eigenvalue weighted by molar-refractivity contribution is 5.88. The van der Waals surface area contributed by atoms with E-state index in [1.165, 1.54) is 0 Å². The first kappa shape index (κ1) is 12.6. The van der Waals surface area contributed by atoms with Crippen LogP contribution in [-0.2, 0) is 4.79 Å². The molecule has 0 spiro atoms. The summed E-state index contributed by atoms with van der Waals surface area (Å²) in [7, 11) is 0. The summed E-state index contributed by atoms with van der Waals surface area (Å²) in [6.07, 6.45) is 6.61. The fourth-order valence-electron chi connectivity index (χ4n) is 3.95. The van der Waals surface area contributed by atoms with Gasteiger partial charge < -0.3 is 0 Å². The van der Waals surface area contributed by atoms with Gasteiger partial charge in [-0.2, -0.15) is 5.26 Å². The molecule has 2 bridgehead atoms. The van der Waals surface area contributed by atoms with Gasteiger partial charge in [0.2, 0.25) is 0 Å². The smallest absolute Gasteiger partial charge is 0.139 e. The zero-order valence-electron chi connectivity index (χ0n) is 11.3. The van der Waals surface area contributed by atoms with Crippen molar-refractivity contribution in [3.8, 4) is 6.07 Å². The van der Waals surface area contributed by atoms with E-state index in [-0.39, 0.29) is 10.8 Å². The molecular weight excluding hydrogens is 210 g/mol. The van der Waals surface area contributed by atoms with Crippen LogP contribution in [0.2, 0.25) is 0 Å². The van der Waals surface area contributed by atoms with E-state index < -0.39 is 0 Å². The van der Waals surface area contributed by atoms with Crippen LogP contribution in [0.3, 0.4) is 0 Å². The summed E-state index contributed by atoms with van der Waals surface area (Å²) >= 11 is 0. The summed E-state index contributed by atoms with van der Waals surface area (Å²) in [6, 6.07) is 2.17. The number of hydrogen-bond donors (Lipinski definition) is 0. The van der Waals surface area contributed by atoms with Crippen LogP contribution < -0.4 is 0 Å². The third kappa shape index (κ3) is 2.25. The Labute approximate surface area is 104 Å². The van der Waals surface area contributed by atoms with Crippen LogP contribution in [-0.4, -0.2) is 5.78 Å². The molecule has 3 rings (SSSR count). The maximum atomic E-state index is 12.3. The molecule has 2 nitrogen and oxygen atoms in total. The second kappa shape index (κ2) is 3.83. The molecule has 0 aromatic heterocycles. The zero-order chi connectivity index (χ0) is 12.7. The molecule has 0 aromatic rings. The Morgan fingerprint density at radius 3 is 2.41 bits per heavy atom. The zero-order valence-corrected chi connectivity index (χ0v) is 11.3. The number of carbonyl (C=O) groups is 1. The van der Waals surface area contributed by atoms with Gasteiger partial charge in [-0.15, -0.1) is 0 Å². The molecule has 3 aliphatic rings. The minimum atomic E-state index is 0.0737. The predicted octanol–water partition coefficient (Wildman–Crippen LogP) is 3.86. The molecule has 0 unspecified atom stereocenters. The van der Waals surface area contributed by atoms with Crippen molar-refractivity contribution in [3.63, 3.8) is 0 Å². The minimum absolute atomic E-state index is 0.0737. The fraction of sp³-hybridized carbons (Fsp3) is 0.867. The molecule has 0 heterocycles. The quantitative estimate of drug-likeness (QED) is 0.654. The maximum Gasteiger partial charge on any atom is 0.139 e. The van der Waals surface area contributed by atoms with Crippen molar-refractivity contribution < 1.29 is 4.79 Å². The molecular formula is C15H23NO. The Balaban J connectivity index is 1.80. The van der Waals surface area contributed by atoms with E-state index in [1.807, 2.05) is 0 Å². The number of Topliss-reactive ketones (excluding diaryl/α,β-unsaturated/α-hetero) is 1. The lowest BCUT2D eigenvalue weighted by atomic mass is 9.34. The van der Waals surface area contributed by atoms with Crippen LogP contribution in [0.5, 0.6) is 0 Å². The van der Waals surface area contributed by atoms with Crippen molar-refractivity contribution in [1.29, 1.82) is 5.26 Å². The van der Waals surface area contributed by atoms with Crippen molar-refractivity contribution in [2.45, 2.75) is 65.7 Å². The van der Waals surface area contributed by atoms with Gasteiger partial charge in [0.15, 0.2) is 0 Å². The Morgan fingerprint density at radius 1 is 1.35 bits per heavy atom. The van der Waals surface area contributed by atoms with E-state index in [4.69, 9.17) is 5.26 Å². The van der Waals surface area contributed by atoms with Crippen molar-refractivity contribution in [2.75, 3.05) is 0 Å². The molecule has 3 saturated carbocycles. The summed E-state index contributed by atoms with van der Waals surface area (Å²) < 4.78 is 0. The van der Waals surface area contributed by atoms with Gasteiger partial charge in [0.05, 0.1) is 6.07 Å². The van der Waals surface area contributed by atoms with Gasteiger partial charge in [0.1, 0.15) is 5.78 Å². The standard InChI is InChI=1S/C15H23NO/c1-13(2,6-4-5-7-16)8-12(17)15-9-14(3,10-15)11-15/h4-6,8-11H2,1-3H3. The van der Waals surface area contributed by atoms with Crippen LogP contribution in [0, 0.1) is 27.6 Å². The molecule has 0 aliphatic heterocycles. The number of nitriles is 1. The topological polar surface area (TPSA) is 40.9 Å². The highest BCUT2D eigenvalue weighted by Gasteiger charge is 2.68. The normalized spacial score (nSPS) is 34.5. The van der Waals surface area contributed by atoms with E-state index in [1.54, 1.807) is 0 Å². The summed E-state index contributed by atoms with van der Waals surface area (Å²) in [5, 5.41) is 8.54. The van der Waals surface area contributed by atoms with Crippen molar-refractivity contribution in [1.82, 2.24) is 0 Å². The predicted molar refractivity (Wildman–Crippen MR) is 67.3 cm³/mol. The van der Waals surface area contributed by atoms with Crippen LogP contribution in [0.1, 0.15) is 65.7 Å². The third-order valence-electron chi connectivity index (χ3n) is 4.67. The molecule has 94 valence electrons. The van der Waals surface area contributed by atoms with E-state index in [0.717, 1.165) is 32.1 Å². The summed E-state index contributed by atoms with van der Waals surface area (Å²) in [5.41, 5.74) is 0.673. The number of ketones is 1. The summed E-state index contributed by atoms with van der Waals surface area (Å²) in [6.45, 7) is 6.62. The van der Waals surface area contributed by atoms with E-state index in [0.29, 0.717) is 24.0 Å². The number of nitrogens with zero attached hydrogens (tertiary/aromatic N) is 1. The Kier molecular flexibility index (Phi) is 2.84. The van der Waals surface area contributed by atoms with Crippen molar-refractivity contribution >= 4 is 5.78 Å². The van der Waals surface area contributed by atoms with Crippen LogP contribution in [0.25, 0.3) is 0 Å². The van der Waals surface area contributed by atoms with Gasteiger partial charge in [-0.05, 0) is 42.9 Å². The van der Waals surface area contributed by atoms with Crippen LogP contribution in [0.15, 0.2) is 0 Å². The third-order valence-corrected chi connectivity index (χ3v) is 4.67. The highest BCUT2D eigenvalue weighted by Crippen LogP contribution is 2.73. The molecule has 17 heavy (non-hydrogen) atoms. The first-order chi connectivity index (χ1) is 7.81. The second-order valence-electron chi connectivity index (χ2n) is 7.40. The van der Waals surface area contributed by atoms with Gasteiger partial charge in [-0.3, -0.25) is 4.79 Å². The van der Waals surface area contributed by atoms with E-state index >= 15 is 0 Å². The molecule has 0 N–H and O–H groups in total. The second-order valence-corrected chi connectivity index (χ2v) is 7.40.